The number of ether oxygens (including phenoxy) is 3. The maximum Gasteiger partial charge on any atom is 0.257 e. The smallest absolute Gasteiger partial charge is 0.257 e. The van der Waals surface area contributed by atoms with Crippen LogP contribution in [0.1, 0.15) is 5.56 Å². The molecule has 5 nitrogen and oxygen atoms in total. The maximum atomic E-state index is 11.7. The van der Waals surface area contributed by atoms with Gasteiger partial charge in [-0.2, -0.15) is 0 Å². The lowest BCUT2D eigenvalue weighted by atomic mass is 10.1. The third-order valence-corrected chi connectivity index (χ3v) is 3.32. The van der Waals surface area contributed by atoms with Crippen molar-refractivity contribution < 1.29 is 19.0 Å². The Morgan fingerprint density at radius 1 is 0.870 bits per heavy atom. The second-order valence-electron chi connectivity index (χ2n) is 4.91. The summed E-state index contributed by atoms with van der Waals surface area (Å²) in [7, 11) is 3.24. The van der Waals surface area contributed by atoms with Gasteiger partial charge in [0.25, 0.3) is 5.91 Å². The molecular weight excluding hydrogens is 294 g/mol. The van der Waals surface area contributed by atoms with Gasteiger partial charge in [0.15, 0.2) is 6.61 Å². The van der Waals surface area contributed by atoms with Gasteiger partial charge < -0.3 is 19.5 Å². The molecule has 2 aromatic rings. The molecule has 0 unspecified atom stereocenters. The number of amides is 1. The molecule has 0 radical (unpaired) electrons. The van der Waals surface area contributed by atoms with Gasteiger partial charge in [-0.1, -0.05) is 12.1 Å². The fourth-order valence-corrected chi connectivity index (χ4v) is 2.01. The molecule has 0 aliphatic rings. The minimum absolute atomic E-state index is 0.00502. The van der Waals surface area contributed by atoms with Crippen LogP contribution in [-0.2, 0) is 11.2 Å². The predicted molar refractivity (Wildman–Crippen MR) is 88.2 cm³/mol. The summed E-state index contributed by atoms with van der Waals surface area (Å²) >= 11 is 0. The van der Waals surface area contributed by atoms with Gasteiger partial charge in [0.05, 0.1) is 14.2 Å². The molecule has 0 aliphatic heterocycles. The lowest BCUT2D eigenvalue weighted by Crippen LogP contribution is -2.30. The normalized spacial score (nSPS) is 10.0. The van der Waals surface area contributed by atoms with E-state index >= 15 is 0 Å². The van der Waals surface area contributed by atoms with Crippen molar-refractivity contribution in [2.45, 2.75) is 6.42 Å². The zero-order valence-electron chi connectivity index (χ0n) is 13.4. The molecule has 122 valence electrons. The molecule has 2 aromatic carbocycles. The van der Waals surface area contributed by atoms with Crippen LogP contribution in [0.15, 0.2) is 48.5 Å². The monoisotopic (exact) mass is 315 g/mol. The van der Waals surface area contributed by atoms with Crippen LogP contribution in [0.4, 0.5) is 0 Å². The molecule has 0 heterocycles. The van der Waals surface area contributed by atoms with Crippen LogP contribution in [0, 0.1) is 0 Å². The van der Waals surface area contributed by atoms with E-state index in [1.807, 2.05) is 24.3 Å². The van der Waals surface area contributed by atoms with Gasteiger partial charge in [-0.25, -0.2) is 0 Å². The Kier molecular flexibility index (Phi) is 6.29. The van der Waals surface area contributed by atoms with Crippen molar-refractivity contribution in [1.82, 2.24) is 5.32 Å². The van der Waals surface area contributed by atoms with Gasteiger partial charge in [-0.05, 0) is 48.4 Å². The number of rotatable bonds is 8. The first-order chi connectivity index (χ1) is 11.2. The van der Waals surface area contributed by atoms with Crippen molar-refractivity contribution in [1.29, 1.82) is 0 Å². The molecule has 0 saturated carbocycles. The summed E-state index contributed by atoms with van der Waals surface area (Å²) in [6.45, 7) is 0.562. The molecule has 5 heteroatoms. The highest BCUT2D eigenvalue weighted by Gasteiger charge is 2.03. The summed E-state index contributed by atoms with van der Waals surface area (Å²) in [6.07, 6.45) is 0.762. The average molecular weight is 315 g/mol. The molecule has 0 aliphatic carbocycles. The molecule has 0 aromatic heterocycles. The maximum absolute atomic E-state index is 11.7. The number of carbonyl (C=O) groups excluding carboxylic acids is 1. The number of hydrogen-bond donors (Lipinski definition) is 1. The Labute approximate surface area is 136 Å². The highest BCUT2D eigenvalue weighted by atomic mass is 16.5. The number of hydrogen-bond acceptors (Lipinski definition) is 4. The third-order valence-electron chi connectivity index (χ3n) is 3.32. The van der Waals surface area contributed by atoms with Crippen molar-refractivity contribution in [2.75, 3.05) is 27.4 Å². The van der Waals surface area contributed by atoms with Crippen molar-refractivity contribution in [3.8, 4) is 17.2 Å². The molecular formula is C18H21NO4. The fraction of sp³-hybridized carbons (Fsp3) is 0.278. The zero-order chi connectivity index (χ0) is 16.5. The Balaban J connectivity index is 1.67. The highest BCUT2D eigenvalue weighted by Crippen LogP contribution is 2.16. The SMILES string of the molecule is COc1ccc(CCNC(=O)COc2ccc(OC)cc2)cc1. The number of benzene rings is 2. The Morgan fingerprint density at radius 3 is 1.96 bits per heavy atom. The van der Waals surface area contributed by atoms with Crippen LogP contribution in [0.2, 0.25) is 0 Å². The number of carbonyl (C=O) groups is 1. The average Bonchev–Trinajstić information content (AvgIpc) is 2.61. The topological polar surface area (TPSA) is 56.8 Å². The zero-order valence-corrected chi connectivity index (χ0v) is 13.4. The van der Waals surface area contributed by atoms with E-state index in [1.54, 1.807) is 38.5 Å². The first-order valence-corrected chi connectivity index (χ1v) is 7.38. The van der Waals surface area contributed by atoms with Gasteiger partial charge >= 0.3 is 0 Å². The quantitative estimate of drug-likeness (QED) is 0.813. The summed E-state index contributed by atoms with van der Waals surface area (Å²) in [5.41, 5.74) is 1.14. The molecule has 0 saturated heterocycles. The third kappa shape index (κ3) is 5.54. The van der Waals surface area contributed by atoms with E-state index in [-0.39, 0.29) is 12.5 Å². The van der Waals surface area contributed by atoms with Crippen LogP contribution in [0.5, 0.6) is 17.2 Å². The summed E-state index contributed by atoms with van der Waals surface area (Å²) < 4.78 is 15.6. The minimum atomic E-state index is -0.144. The Hall–Kier alpha value is -2.69. The van der Waals surface area contributed by atoms with E-state index in [0.29, 0.717) is 12.3 Å². The molecule has 2 rings (SSSR count). The summed E-state index contributed by atoms with van der Waals surface area (Å²) in [6, 6.07) is 14.9. The first-order valence-electron chi connectivity index (χ1n) is 7.38. The van der Waals surface area contributed by atoms with Crippen LogP contribution in [0.3, 0.4) is 0 Å². The standard InChI is InChI=1S/C18H21NO4/c1-21-15-5-3-14(4-6-15)11-12-19-18(20)13-23-17-9-7-16(22-2)8-10-17/h3-10H,11-13H2,1-2H3,(H,19,20). The second kappa shape index (κ2) is 8.68. The molecule has 1 amide bonds. The lowest BCUT2D eigenvalue weighted by Gasteiger charge is -2.08. The van der Waals surface area contributed by atoms with Crippen molar-refractivity contribution >= 4 is 5.91 Å². The van der Waals surface area contributed by atoms with Crippen LogP contribution in [0.25, 0.3) is 0 Å². The van der Waals surface area contributed by atoms with Gasteiger partial charge in [0, 0.05) is 6.54 Å². The lowest BCUT2D eigenvalue weighted by molar-refractivity contribution is -0.123. The van der Waals surface area contributed by atoms with Gasteiger partial charge in [0.1, 0.15) is 17.2 Å². The number of nitrogens with one attached hydrogen (secondary N) is 1. The van der Waals surface area contributed by atoms with E-state index in [0.717, 1.165) is 23.5 Å². The molecule has 0 atom stereocenters. The Morgan fingerprint density at radius 2 is 1.39 bits per heavy atom. The minimum Gasteiger partial charge on any atom is -0.497 e. The molecule has 0 bridgehead atoms. The van der Waals surface area contributed by atoms with Crippen LogP contribution >= 0.6 is 0 Å². The predicted octanol–water partition coefficient (Wildman–Crippen LogP) is 2.44. The van der Waals surface area contributed by atoms with Crippen molar-refractivity contribution in [3.05, 3.63) is 54.1 Å². The molecule has 0 spiro atoms. The van der Waals surface area contributed by atoms with Crippen LogP contribution in [-0.4, -0.2) is 33.3 Å². The Bertz CT molecular complexity index is 608. The van der Waals surface area contributed by atoms with E-state index in [9.17, 15) is 4.79 Å². The van der Waals surface area contributed by atoms with E-state index in [1.165, 1.54) is 0 Å². The van der Waals surface area contributed by atoms with Gasteiger partial charge in [-0.3, -0.25) is 4.79 Å². The summed E-state index contributed by atoms with van der Waals surface area (Å²) in [5.74, 6) is 2.07. The molecule has 23 heavy (non-hydrogen) atoms. The van der Waals surface area contributed by atoms with E-state index < -0.39 is 0 Å². The van der Waals surface area contributed by atoms with Crippen LogP contribution < -0.4 is 19.5 Å². The van der Waals surface area contributed by atoms with E-state index in [2.05, 4.69) is 5.32 Å². The largest absolute Gasteiger partial charge is 0.497 e. The van der Waals surface area contributed by atoms with Gasteiger partial charge in [0.2, 0.25) is 0 Å². The second-order valence-corrected chi connectivity index (χ2v) is 4.91. The highest BCUT2D eigenvalue weighted by molar-refractivity contribution is 5.77. The number of methoxy groups -OCH3 is 2. The molecule has 1 N–H and O–H groups in total. The first kappa shape index (κ1) is 16.7. The summed E-state index contributed by atoms with van der Waals surface area (Å²) in [4.78, 5) is 11.7. The fourth-order valence-electron chi connectivity index (χ4n) is 2.01. The summed E-state index contributed by atoms with van der Waals surface area (Å²) in [5, 5.41) is 2.83. The molecule has 0 fully saturated rings. The van der Waals surface area contributed by atoms with Gasteiger partial charge in [-0.15, -0.1) is 0 Å². The van der Waals surface area contributed by atoms with E-state index in [4.69, 9.17) is 14.2 Å². The van der Waals surface area contributed by atoms with Crippen molar-refractivity contribution in [3.63, 3.8) is 0 Å². The van der Waals surface area contributed by atoms with Crippen molar-refractivity contribution in [2.24, 2.45) is 0 Å².